The summed E-state index contributed by atoms with van der Waals surface area (Å²) in [4.78, 5) is 10.8. The number of thiazole rings is 1. The highest BCUT2D eigenvalue weighted by Gasteiger charge is 2.32. The van der Waals surface area contributed by atoms with Crippen molar-refractivity contribution in [2.75, 3.05) is 25.0 Å². The van der Waals surface area contributed by atoms with Gasteiger partial charge in [0, 0.05) is 42.7 Å². The van der Waals surface area contributed by atoms with Gasteiger partial charge < -0.3 is 4.90 Å². The molecule has 0 aromatic carbocycles. The molecule has 5 rings (SSSR count). The van der Waals surface area contributed by atoms with Crippen molar-refractivity contribution >= 4 is 17.2 Å². The minimum absolute atomic E-state index is 0.603. The van der Waals surface area contributed by atoms with Crippen LogP contribution < -0.4 is 4.90 Å². The third-order valence-corrected chi connectivity index (χ3v) is 6.66. The molecule has 2 aromatic rings. The molecule has 1 aliphatic heterocycles. The Bertz CT molecular complexity index is 748. The molecule has 2 fully saturated rings. The second kappa shape index (κ2) is 5.77. The van der Waals surface area contributed by atoms with E-state index in [-0.39, 0.29) is 0 Å². The van der Waals surface area contributed by atoms with Crippen molar-refractivity contribution in [3.05, 3.63) is 33.4 Å². The Morgan fingerprint density at radius 1 is 1.25 bits per heavy atom. The van der Waals surface area contributed by atoms with Gasteiger partial charge in [0.1, 0.15) is 0 Å². The molecule has 0 bridgehead atoms. The van der Waals surface area contributed by atoms with Gasteiger partial charge in [-0.3, -0.25) is 4.90 Å². The fraction of sp³-hybridized carbons (Fsp3) is 0.611. The summed E-state index contributed by atoms with van der Waals surface area (Å²) in [7, 11) is 2.23. The van der Waals surface area contributed by atoms with Gasteiger partial charge in [-0.1, -0.05) is 0 Å². The number of anilines is 1. The van der Waals surface area contributed by atoms with E-state index < -0.39 is 0 Å². The Morgan fingerprint density at radius 3 is 2.96 bits per heavy atom. The van der Waals surface area contributed by atoms with Gasteiger partial charge in [-0.05, 0) is 50.8 Å². The van der Waals surface area contributed by atoms with E-state index >= 15 is 0 Å². The maximum Gasteiger partial charge on any atom is 0.151 e. The van der Waals surface area contributed by atoms with Crippen LogP contribution in [-0.2, 0) is 19.4 Å². The molecule has 2 aliphatic carbocycles. The normalized spacial score (nSPS) is 20.5. The second-order valence-electron chi connectivity index (χ2n) is 7.44. The number of nitrogens with zero attached hydrogens (tertiary/aromatic N) is 5. The van der Waals surface area contributed by atoms with E-state index in [0.29, 0.717) is 6.04 Å². The first-order chi connectivity index (χ1) is 11.8. The van der Waals surface area contributed by atoms with Gasteiger partial charge in [0.15, 0.2) is 5.82 Å². The topological polar surface area (TPSA) is 45.2 Å². The van der Waals surface area contributed by atoms with Gasteiger partial charge >= 0.3 is 0 Å². The maximum absolute atomic E-state index is 4.59. The van der Waals surface area contributed by atoms with Gasteiger partial charge in [-0.15, -0.1) is 16.4 Å². The van der Waals surface area contributed by atoms with Crippen LogP contribution in [0.2, 0.25) is 0 Å². The van der Waals surface area contributed by atoms with Crippen molar-refractivity contribution in [3.63, 3.8) is 0 Å². The van der Waals surface area contributed by atoms with Crippen molar-refractivity contribution in [3.8, 4) is 0 Å². The minimum Gasteiger partial charge on any atom is -0.352 e. The van der Waals surface area contributed by atoms with E-state index in [9.17, 15) is 0 Å². The molecule has 0 radical (unpaired) electrons. The highest BCUT2D eigenvalue weighted by molar-refractivity contribution is 7.11. The Kier molecular flexibility index (Phi) is 3.56. The second-order valence-corrected chi connectivity index (χ2v) is 8.59. The largest absolute Gasteiger partial charge is 0.352 e. The standard InChI is InChI=1S/C18H23N5S/c1-22(11-15-8-19-18(24-15)12-5-6-12)14-9-23(10-14)17-7-13-3-2-4-16(13)20-21-17/h7-8,12,14H,2-6,9-11H2,1H3. The predicted molar refractivity (Wildman–Crippen MR) is 95.6 cm³/mol. The Morgan fingerprint density at radius 2 is 2.12 bits per heavy atom. The highest BCUT2D eigenvalue weighted by Crippen LogP contribution is 2.42. The quantitative estimate of drug-likeness (QED) is 0.836. The molecule has 24 heavy (non-hydrogen) atoms. The lowest BCUT2D eigenvalue weighted by atomic mass is 10.1. The molecule has 0 amide bonds. The van der Waals surface area contributed by atoms with Crippen LogP contribution in [-0.4, -0.2) is 46.3 Å². The predicted octanol–water partition coefficient (Wildman–Crippen LogP) is 2.62. The summed E-state index contributed by atoms with van der Waals surface area (Å²) in [5.74, 6) is 1.83. The molecule has 1 saturated carbocycles. The lowest BCUT2D eigenvalue weighted by Gasteiger charge is -2.44. The lowest BCUT2D eigenvalue weighted by molar-refractivity contribution is 0.198. The van der Waals surface area contributed by atoms with Gasteiger partial charge in [-0.2, -0.15) is 5.10 Å². The molecule has 3 aliphatic rings. The average molecular weight is 341 g/mol. The van der Waals surface area contributed by atoms with E-state index in [0.717, 1.165) is 37.8 Å². The SMILES string of the molecule is CN(Cc1cnc(C2CC2)s1)C1CN(c2cc3c(nn2)CCC3)C1. The van der Waals surface area contributed by atoms with Crippen molar-refractivity contribution in [2.45, 2.75) is 50.6 Å². The van der Waals surface area contributed by atoms with Crippen molar-refractivity contribution in [1.82, 2.24) is 20.1 Å². The van der Waals surface area contributed by atoms with Crippen LogP contribution in [0.1, 0.15) is 46.3 Å². The molecular formula is C18H23N5S. The molecule has 126 valence electrons. The minimum atomic E-state index is 0.603. The fourth-order valence-corrected chi connectivity index (χ4v) is 4.83. The zero-order valence-corrected chi connectivity index (χ0v) is 14.9. The van der Waals surface area contributed by atoms with Crippen LogP contribution in [0.3, 0.4) is 0 Å². The monoisotopic (exact) mass is 341 g/mol. The van der Waals surface area contributed by atoms with E-state index in [2.05, 4.69) is 44.3 Å². The van der Waals surface area contributed by atoms with E-state index in [1.807, 2.05) is 11.3 Å². The zero-order chi connectivity index (χ0) is 16.1. The number of rotatable bonds is 5. The zero-order valence-electron chi connectivity index (χ0n) is 14.1. The molecule has 6 heteroatoms. The van der Waals surface area contributed by atoms with Gasteiger partial charge in [0.05, 0.1) is 10.7 Å². The number of fused-ring (bicyclic) bond motifs is 1. The fourth-order valence-electron chi connectivity index (χ4n) is 3.68. The van der Waals surface area contributed by atoms with Crippen molar-refractivity contribution in [2.24, 2.45) is 0 Å². The number of hydrogen-bond donors (Lipinski definition) is 0. The molecule has 1 saturated heterocycles. The first-order valence-corrected chi connectivity index (χ1v) is 9.83. The molecular weight excluding hydrogens is 318 g/mol. The number of aromatic nitrogens is 3. The van der Waals surface area contributed by atoms with Gasteiger partial charge in [0.25, 0.3) is 0 Å². The number of hydrogen-bond acceptors (Lipinski definition) is 6. The van der Waals surface area contributed by atoms with Crippen LogP contribution in [0.4, 0.5) is 5.82 Å². The average Bonchev–Trinajstić information content (AvgIpc) is 3.09. The van der Waals surface area contributed by atoms with Crippen molar-refractivity contribution < 1.29 is 0 Å². The summed E-state index contributed by atoms with van der Waals surface area (Å²) in [6, 6.07) is 2.86. The first kappa shape index (κ1) is 14.8. The van der Waals surface area contributed by atoms with E-state index in [1.54, 1.807) is 0 Å². The van der Waals surface area contributed by atoms with Crippen LogP contribution in [0.5, 0.6) is 0 Å². The summed E-state index contributed by atoms with van der Waals surface area (Å²) in [5, 5.41) is 10.2. The number of likely N-dealkylation sites (N-methyl/N-ethyl adjacent to an activating group) is 1. The third-order valence-electron chi connectivity index (χ3n) is 5.52. The maximum atomic E-state index is 4.59. The van der Waals surface area contributed by atoms with Crippen molar-refractivity contribution in [1.29, 1.82) is 0 Å². The molecule has 2 aromatic heterocycles. The van der Waals surface area contributed by atoms with Crippen LogP contribution in [0.25, 0.3) is 0 Å². The van der Waals surface area contributed by atoms with E-state index in [4.69, 9.17) is 0 Å². The molecule has 5 nitrogen and oxygen atoms in total. The van der Waals surface area contributed by atoms with E-state index in [1.165, 1.54) is 46.8 Å². The third kappa shape index (κ3) is 2.71. The Labute approximate surface area is 146 Å². The van der Waals surface area contributed by atoms with Crippen LogP contribution in [0, 0.1) is 0 Å². The van der Waals surface area contributed by atoms with Crippen LogP contribution >= 0.6 is 11.3 Å². The Balaban J connectivity index is 1.18. The summed E-state index contributed by atoms with van der Waals surface area (Å²) >= 11 is 1.91. The summed E-state index contributed by atoms with van der Waals surface area (Å²) in [6.07, 6.45) is 8.26. The highest BCUT2D eigenvalue weighted by atomic mass is 32.1. The molecule has 0 N–H and O–H groups in total. The van der Waals surface area contributed by atoms with Crippen LogP contribution in [0.15, 0.2) is 12.3 Å². The summed E-state index contributed by atoms with van der Waals surface area (Å²) in [5.41, 5.74) is 2.62. The van der Waals surface area contributed by atoms with Gasteiger partial charge in [0.2, 0.25) is 0 Å². The summed E-state index contributed by atoms with van der Waals surface area (Å²) in [6.45, 7) is 3.12. The molecule has 0 atom stereocenters. The summed E-state index contributed by atoms with van der Waals surface area (Å²) < 4.78 is 0. The Hall–Kier alpha value is -1.53. The first-order valence-electron chi connectivity index (χ1n) is 9.01. The van der Waals surface area contributed by atoms with Gasteiger partial charge in [-0.25, -0.2) is 4.98 Å². The lowest BCUT2D eigenvalue weighted by Crippen LogP contribution is -2.58. The molecule has 3 heterocycles. The number of aryl methyl sites for hydroxylation is 2. The smallest absolute Gasteiger partial charge is 0.151 e. The molecule has 0 unspecified atom stereocenters. The molecule has 0 spiro atoms.